The molecule has 2 N–H and O–H groups in total. The van der Waals surface area contributed by atoms with E-state index in [1.54, 1.807) is 0 Å². The predicted molar refractivity (Wildman–Crippen MR) is 64.1 cm³/mol. The molecule has 0 saturated carbocycles. The minimum absolute atomic E-state index is 0.259. The van der Waals surface area contributed by atoms with Crippen molar-refractivity contribution < 1.29 is 4.79 Å². The summed E-state index contributed by atoms with van der Waals surface area (Å²) < 4.78 is 0. The number of hydrogen-bond acceptors (Lipinski definition) is 2. The second-order valence-electron chi connectivity index (χ2n) is 3.96. The van der Waals surface area contributed by atoms with Gasteiger partial charge in [-0.2, -0.15) is 0 Å². The third-order valence-electron chi connectivity index (χ3n) is 2.84. The molecule has 0 aliphatic heterocycles. The third kappa shape index (κ3) is 1.76. The first-order valence-corrected chi connectivity index (χ1v) is 5.22. The van der Waals surface area contributed by atoms with Crippen molar-refractivity contribution in [1.82, 2.24) is 4.98 Å². The average molecular weight is 214 g/mol. The van der Waals surface area contributed by atoms with Crippen LogP contribution in [0.25, 0.3) is 10.9 Å². The van der Waals surface area contributed by atoms with Gasteiger partial charge in [-0.05, 0) is 31.0 Å². The molecule has 3 nitrogen and oxygen atoms in total. The first-order valence-electron chi connectivity index (χ1n) is 5.22. The highest BCUT2D eigenvalue weighted by molar-refractivity contribution is 5.86. The summed E-state index contributed by atoms with van der Waals surface area (Å²) >= 11 is 0. The number of hydrogen-bond donors (Lipinski definition) is 1. The van der Waals surface area contributed by atoms with Gasteiger partial charge in [0.25, 0.3) is 0 Å². The smallest absolute Gasteiger partial charge is 0.221 e. The van der Waals surface area contributed by atoms with Gasteiger partial charge in [0.2, 0.25) is 5.91 Å². The molecule has 0 radical (unpaired) electrons. The molecular formula is C13H14N2O. The van der Waals surface area contributed by atoms with E-state index in [9.17, 15) is 4.79 Å². The van der Waals surface area contributed by atoms with E-state index in [1.165, 1.54) is 0 Å². The van der Waals surface area contributed by atoms with Gasteiger partial charge in [0, 0.05) is 11.1 Å². The van der Waals surface area contributed by atoms with Gasteiger partial charge in [-0.1, -0.05) is 18.2 Å². The van der Waals surface area contributed by atoms with Gasteiger partial charge in [-0.3, -0.25) is 9.78 Å². The third-order valence-corrected chi connectivity index (χ3v) is 2.84. The van der Waals surface area contributed by atoms with E-state index < -0.39 is 0 Å². The standard InChI is InChI=1S/C13H14N2O/c1-8-10-5-3-4-6-12(10)15-9(2)11(8)7-13(14)16/h3-6H,7H2,1-2H3,(H2,14,16). The number of aromatic nitrogens is 1. The highest BCUT2D eigenvalue weighted by atomic mass is 16.1. The van der Waals surface area contributed by atoms with Crippen molar-refractivity contribution in [3.8, 4) is 0 Å². The maximum Gasteiger partial charge on any atom is 0.221 e. The molecule has 0 aliphatic rings. The van der Waals surface area contributed by atoms with E-state index in [2.05, 4.69) is 4.98 Å². The topological polar surface area (TPSA) is 56.0 Å². The summed E-state index contributed by atoms with van der Waals surface area (Å²) in [6, 6.07) is 7.92. The van der Waals surface area contributed by atoms with Gasteiger partial charge in [0.05, 0.1) is 11.9 Å². The van der Waals surface area contributed by atoms with Crippen LogP contribution < -0.4 is 5.73 Å². The zero-order chi connectivity index (χ0) is 11.7. The molecule has 0 aliphatic carbocycles. The summed E-state index contributed by atoms with van der Waals surface area (Å²) in [6.45, 7) is 3.92. The molecule has 2 aromatic rings. The van der Waals surface area contributed by atoms with Crippen LogP contribution in [-0.4, -0.2) is 10.9 Å². The monoisotopic (exact) mass is 214 g/mol. The number of nitrogens with two attached hydrogens (primary N) is 1. The van der Waals surface area contributed by atoms with Crippen LogP contribution in [0, 0.1) is 13.8 Å². The minimum atomic E-state index is -0.316. The van der Waals surface area contributed by atoms with Crippen LogP contribution in [0.1, 0.15) is 16.8 Å². The summed E-state index contributed by atoms with van der Waals surface area (Å²) in [5, 5.41) is 1.09. The highest BCUT2D eigenvalue weighted by Gasteiger charge is 2.10. The van der Waals surface area contributed by atoms with Crippen molar-refractivity contribution in [2.24, 2.45) is 5.73 Å². The van der Waals surface area contributed by atoms with Crippen molar-refractivity contribution >= 4 is 16.8 Å². The zero-order valence-electron chi connectivity index (χ0n) is 9.45. The predicted octanol–water partition coefficient (Wildman–Crippen LogP) is 1.88. The Kier molecular flexibility index (Phi) is 2.60. The molecule has 1 aromatic carbocycles. The fourth-order valence-corrected chi connectivity index (χ4v) is 2.01. The number of benzene rings is 1. The van der Waals surface area contributed by atoms with Crippen LogP contribution in [0.2, 0.25) is 0 Å². The average Bonchev–Trinajstić information content (AvgIpc) is 2.24. The number of pyridine rings is 1. The second kappa shape index (κ2) is 3.93. The Hall–Kier alpha value is -1.90. The van der Waals surface area contributed by atoms with Crippen molar-refractivity contribution in [3.63, 3.8) is 0 Å². The van der Waals surface area contributed by atoms with Crippen LogP contribution in [0.15, 0.2) is 24.3 Å². The number of aryl methyl sites for hydroxylation is 2. The van der Waals surface area contributed by atoms with Gasteiger partial charge in [0.1, 0.15) is 0 Å². The zero-order valence-corrected chi connectivity index (χ0v) is 9.45. The van der Waals surface area contributed by atoms with Gasteiger partial charge < -0.3 is 5.73 Å². The van der Waals surface area contributed by atoms with Crippen molar-refractivity contribution in [2.75, 3.05) is 0 Å². The van der Waals surface area contributed by atoms with Gasteiger partial charge in [0.15, 0.2) is 0 Å². The molecule has 16 heavy (non-hydrogen) atoms. The molecular weight excluding hydrogens is 200 g/mol. The Morgan fingerprint density at radius 2 is 2.00 bits per heavy atom. The Labute approximate surface area is 94.3 Å². The number of primary amides is 1. The number of rotatable bonds is 2. The fourth-order valence-electron chi connectivity index (χ4n) is 2.01. The second-order valence-corrected chi connectivity index (χ2v) is 3.96. The Bertz CT molecular complexity index is 561. The summed E-state index contributed by atoms with van der Waals surface area (Å²) in [5.74, 6) is -0.316. The highest BCUT2D eigenvalue weighted by Crippen LogP contribution is 2.22. The van der Waals surface area contributed by atoms with E-state index in [4.69, 9.17) is 5.73 Å². The van der Waals surface area contributed by atoms with Crippen LogP contribution in [-0.2, 0) is 11.2 Å². The molecule has 2 rings (SSSR count). The van der Waals surface area contributed by atoms with Crippen molar-refractivity contribution in [3.05, 3.63) is 41.1 Å². The Balaban J connectivity index is 2.70. The van der Waals surface area contributed by atoms with Crippen molar-refractivity contribution in [1.29, 1.82) is 0 Å². The van der Waals surface area contributed by atoms with Crippen molar-refractivity contribution in [2.45, 2.75) is 20.3 Å². The molecule has 1 aromatic heterocycles. The quantitative estimate of drug-likeness (QED) is 0.829. The lowest BCUT2D eigenvalue weighted by molar-refractivity contribution is -0.117. The lowest BCUT2D eigenvalue weighted by atomic mass is 9.99. The van der Waals surface area contributed by atoms with E-state index in [-0.39, 0.29) is 12.3 Å². The fraction of sp³-hybridized carbons (Fsp3) is 0.231. The van der Waals surface area contributed by atoms with Crippen LogP contribution in [0.3, 0.4) is 0 Å². The van der Waals surface area contributed by atoms with Crippen LogP contribution in [0.4, 0.5) is 0 Å². The number of para-hydroxylation sites is 1. The van der Waals surface area contributed by atoms with E-state index in [1.807, 2.05) is 38.1 Å². The van der Waals surface area contributed by atoms with E-state index in [0.29, 0.717) is 0 Å². The van der Waals surface area contributed by atoms with Crippen LogP contribution in [0.5, 0.6) is 0 Å². The maximum absolute atomic E-state index is 11.0. The lowest BCUT2D eigenvalue weighted by Crippen LogP contribution is -2.16. The molecule has 0 saturated heterocycles. The van der Waals surface area contributed by atoms with E-state index >= 15 is 0 Å². The number of carbonyl (C=O) groups excluding carboxylic acids is 1. The Morgan fingerprint density at radius 1 is 1.31 bits per heavy atom. The number of fused-ring (bicyclic) bond motifs is 1. The van der Waals surface area contributed by atoms with Crippen LogP contribution >= 0.6 is 0 Å². The summed E-state index contributed by atoms with van der Waals surface area (Å²) in [7, 11) is 0. The number of nitrogens with zero attached hydrogens (tertiary/aromatic N) is 1. The first kappa shape index (κ1) is 10.6. The molecule has 0 unspecified atom stereocenters. The largest absolute Gasteiger partial charge is 0.369 e. The van der Waals surface area contributed by atoms with E-state index in [0.717, 1.165) is 27.7 Å². The molecule has 1 amide bonds. The summed E-state index contributed by atoms with van der Waals surface area (Å²) in [6.07, 6.45) is 0.259. The molecule has 82 valence electrons. The Morgan fingerprint density at radius 3 is 2.69 bits per heavy atom. The molecule has 0 bridgehead atoms. The molecule has 1 heterocycles. The maximum atomic E-state index is 11.0. The summed E-state index contributed by atoms with van der Waals surface area (Å²) in [5.41, 5.74) is 9.14. The SMILES string of the molecule is Cc1nc2ccccc2c(C)c1CC(N)=O. The van der Waals surface area contributed by atoms with Gasteiger partial charge in [-0.15, -0.1) is 0 Å². The minimum Gasteiger partial charge on any atom is -0.369 e. The molecule has 0 spiro atoms. The molecule has 0 fully saturated rings. The summed E-state index contributed by atoms with van der Waals surface area (Å²) in [4.78, 5) is 15.5. The van der Waals surface area contributed by atoms with Gasteiger partial charge >= 0.3 is 0 Å². The normalized spacial score (nSPS) is 10.6. The van der Waals surface area contributed by atoms with Gasteiger partial charge in [-0.25, -0.2) is 0 Å². The number of carbonyl (C=O) groups is 1. The first-order chi connectivity index (χ1) is 7.59. The lowest BCUT2D eigenvalue weighted by Gasteiger charge is -2.10. The molecule has 3 heteroatoms. The molecule has 0 atom stereocenters. The number of amides is 1.